The molecule has 0 aliphatic carbocycles. The number of hydrogen-bond donors (Lipinski definition) is 6. The van der Waals surface area contributed by atoms with E-state index in [1.807, 2.05) is 38.1 Å². The van der Waals surface area contributed by atoms with Crippen molar-refractivity contribution in [3.63, 3.8) is 0 Å². The summed E-state index contributed by atoms with van der Waals surface area (Å²) in [6.45, 7) is 6.71. The maximum Gasteiger partial charge on any atom is 0.320 e. The normalized spacial score (nSPS) is 14.9. The number of nitrogens with two attached hydrogens (primary N) is 1. The molecule has 10 heteroatoms. The lowest BCUT2D eigenvalue weighted by molar-refractivity contribution is -0.139. The molecule has 0 aliphatic heterocycles. The molecule has 0 radical (unpaired) electrons. The molecule has 4 atom stereocenters. The molecule has 1 unspecified atom stereocenters. The Kier molecular flexibility index (Phi) is 8.98. The molecule has 0 saturated carbocycles. The van der Waals surface area contributed by atoms with E-state index in [-0.39, 0.29) is 12.3 Å². The zero-order valence-corrected chi connectivity index (χ0v) is 19.3. The van der Waals surface area contributed by atoms with Crippen LogP contribution in [0, 0.1) is 5.92 Å². The molecule has 3 amide bonds. The monoisotopic (exact) mass is 459 g/mol. The van der Waals surface area contributed by atoms with Crippen molar-refractivity contribution in [2.45, 2.75) is 64.7 Å². The number of aliphatic carboxylic acids is 1. The van der Waals surface area contributed by atoms with Crippen LogP contribution in [-0.2, 0) is 25.6 Å². The number of amides is 3. The first-order valence-corrected chi connectivity index (χ1v) is 10.9. The second kappa shape index (κ2) is 11.5. The van der Waals surface area contributed by atoms with Gasteiger partial charge in [0.2, 0.25) is 17.7 Å². The second-order valence-electron chi connectivity index (χ2n) is 8.67. The molecule has 1 aromatic carbocycles. The molecule has 1 heterocycles. The summed E-state index contributed by atoms with van der Waals surface area (Å²) in [6, 6.07) is 3.89. The molecular weight excluding hydrogens is 426 g/mol. The number of H-pyrrole nitrogens is 1. The summed E-state index contributed by atoms with van der Waals surface area (Å²) in [6.07, 6.45) is 2.32. The minimum atomic E-state index is -1.10. The summed E-state index contributed by atoms with van der Waals surface area (Å²) < 4.78 is 0. The maximum absolute atomic E-state index is 13.2. The van der Waals surface area contributed by atoms with Crippen molar-refractivity contribution in [2.75, 3.05) is 0 Å². The van der Waals surface area contributed by atoms with Gasteiger partial charge in [0.05, 0.1) is 6.04 Å². The molecule has 1 aromatic heterocycles. The number of aromatic amines is 1. The third-order valence-electron chi connectivity index (χ3n) is 5.36. The highest BCUT2D eigenvalue weighted by Crippen LogP contribution is 2.19. The summed E-state index contributed by atoms with van der Waals surface area (Å²) >= 11 is 0. The summed E-state index contributed by atoms with van der Waals surface area (Å²) in [5, 5.41) is 18.3. The Morgan fingerprint density at radius 3 is 2.21 bits per heavy atom. The van der Waals surface area contributed by atoms with Crippen LogP contribution < -0.4 is 21.7 Å². The number of para-hydroxylation sites is 1. The van der Waals surface area contributed by atoms with Gasteiger partial charge in [-0.3, -0.25) is 24.5 Å². The fraction of sp³-hybridized carbons (Fsp3) is 0.478. The van der Waals surface area contributed by atoms with Crippen LogP contribution in [0.3, 0.4) is 0 Å². The predicted molar refractivity (Wildman–Crippen MR) is 124 cm³/mol. The van der Waals surface area contributed by atoms with Gasteiger partial charge in [0.1, 0.15) is 18.1 Å². The van der Waals surface area contributed by atoms with Crippen LogP contribution in [-0.4, -0.2) is 57.9 Å². The Morgan fingerprint density at radius 1 is 0.970 bits per heavy atom. The lowest BCUT2D eigenvalue weighted by Gasteiger charge is -2.26. The summed E-state index contributed by atoms with van der Waals surface area (Å²) in [4.78, 5) is 51.9. The van der Waals surface area contributed by atoms with Crippen molar-refractivity contribution in [1.29, 1.82) is 0 Å². The van der Waals surface area contributed by atoms with Gasteiger partial charge in [-0.25, -0.2) is 0 Å². The summed E-state index contributed by atoms with van der Waals surface area (Å²) in [7, 11) is 0. The Bertz CT molecular complexity index is 1000. The van der Waals surface area contributed by atoms with Crippen molar-refractivity contribution < 1.29 is 24.3 Å². The van der Waals surface area contributed by atoms with Crippen LogP contribution in [0.15, 0.2) is 30.5 Å². The number of carbonyl (C=O) groups is 4. The van der Waals surface area contributed by atoms with Crippen molar-refractivity contribution >= 4 is 34.6 Å². The van der Waals surface area contributed by atoms with E-state index in [2.05, 4.69) is 20.9 Å². The topological polar surface area (TPSA) is 166 Å². The SMILES string of the molecule is CC(C)C[C@H](NC(=O)[C@H](Cc1c[nH]c2ccccc12)NC(C)C(=O)O)C(=O)N[C@@H](C)C(N)=O. The molecule has 33 heavy (non-hydrogen) atoms. The molecular formula is C23H33N5O5. The fourth-order valence-corrected chi connectivity index (χ4v) is 3.48. The highest BCUT2D eigenvalue weighted by atomic mass is 16.4. The van der Waals surface area contributed by atoms with E-state index in [0.717, 1.165) is 16.5 Å². The highest BCUT2D eigenvalue weighted by molar-refractivity contribution is 5.93. The van der Waals surface area contributed by atoms with Gasteiger partial charge in [-0.2, -0.15) is 0 Å². The molecule has 2 aromatic rings. The largest absolute Gasteiger partial charge is 0.480 e. The zero-order chi connectivity index (χ0) is 24.7. The Hall–Kier alpha value is -3.40. The maximum atomic E-state index is 13.2. The van der Waals surface area contributed by atoms with Crippen LogP contribution in [0.25, 0.3) is 10.9 Å². The number of hydrogen-bond acceptors (Lipinski definition) is 5. The number of aromatic nitrogens is 1. The van der Waals surface area contributed by atoms with E-state index < -0.39 is 47.9 Å². The molecule has 0 bridgehead atoms. The first kappa shape index (κ1) is 25.9. The molecule has 2 rings (SSSR count). The average Bonchev–Trinajstić information content (AvgIpc) is 3.14. The minimum Gasteiger partial charge on any atom is -0.480 e. The quantitative estimate of drug-likeness (QED) is 0.273. The molecule has 180 valence electrons. The number of primary amides is 1. The summed E-state index contributed by atoms with van der Waals surface area (Å²) in [5.41, 5.74) is 6.96. The van der Waals surface area contributed by atoms with E-state index >= 15 is 0 Å². The zero-order valence-electron chi connectivity index (χ0n) is 19.3. The number of rotatable bonds is 12. The van der Waals surface area contributed by atoms with Crippen molar-refractivity contribution in [3.05, 3.63) is 36.0 Å². The van der Waals surface area contributed by atoms with E-state index in [4.69, 9.17) is 5.73 Å². The summed E-state index contributed by atoms with van der Waals surface area (Å²) in [5.74, 6) is -2.75. The van der Waals surface area contributed by atoms with E-state index in [9.17, 15) is 24.3 Å². The molecule has 10 nitrogen and oxygen atoms in total. The second-order valence-corrected chi connectivity index (χ2v) is 8.67. The molecule has 0 aliphatic rings. The first-order chi connectivity index (χ1) is 15.5. The van der Waals surface area contributed by atoms with Gasteiger partial charge < -0.3 is 26.5 Å². The van der Waals surface area contributed by atoms with Gasteiger partial charge in [-0.15, -0.1) is 0 Å². The van der Waals surface area contributed by atoms with Crippen LogP contribution in [0.5, 0.6) is 0 Å². The van der Waals surface area contributed by atoms with Crippen LogP contribution in [0.1, 0.15) is 39.7 Å². The predicted octanol–water partition coefficient (Wildman–Crippen LogP) is 0.663. The molecule has 7 N–H and O–H groups in total. The molecule has 0 fully saturated rings. The van der Waals surface area contributed by atoms with Gasteiger partial charge in [-0.05, 0) is 44.2 Å². The van der Waals surface area contributed by atoms with Gasteiger partial charge in [0.25, 0.3) is 0 Å². The van der Waals surface area contributed by atoms with Crippen molar-refractivity contribution in [2.24, 2.45) is 11.7 Å². The lowest BCUT2D eigenvalue weighted by atomic mass is 10.00. The van der Waals surface area contributed by atoms with E-state index in [0.29, 0.717) is 6.42 Å². The van der Waals surface area contributed by atoms with Gasteiger partial charge in [0, 0.05) is 17.1 Å². The standard InChI is InChI=1S/C23H33N5O5/c1-12(2)9-18(21(30)27-13(3)20(24)29)28-22(31)19(26-14(4)23(32)33)10-15-11-25-17-8-6-5-7-16(15)17/h5-8,11-14,18-19,25-26H,9-10H2,1-4H3,(H2,24,29)(H,27,30)(H,28,31)(H,32,33)/t13-,14?,18-,19-/m0/s1. The number of carboxylic acid groups (broad SMARTS) is 1. The molecule has 0 spiro atoms. The Morgan fingerprint density at radius 2 is 1.61 bits per heavy atom. The number of carboxylic acids is 1. The van der Waals surface area contributed by atoms with Gasteiger partial charge >= 0.3 is 5.97 Å². The Labute approximate surface area is 192 Å². The van der Waals surface area contributed by atoms with Gasteiger partial charge in [0.15, 0.2) is 0 Å². The fourth-order valence-electron chi connectivity index (χ4n) is 3.48. The van der Waals surface area contributed by atoms with Crippen LogP contribution >= 0.6 is 0 Å². The molecule has 0 saturated heterocycles. The average molecular weight is 460 g/mol. The van der Waals surface area contributed by atoms with E-state index in [1.54, 1.807) is 6.20 Å². The van der Waals surface area contributed by atoms with Crippen molar-refractivity contribution in [1.82, 2.24) is 20.9 Å². The number of carbonyl (C=O) groups excluding carboxylic acids is 3. The number of nitrogens with one attached hydrogen (secondary N) is 4. The van der Waals surface area contributed by atoms with Crippen molar-refractivity contribution in [3.8, 4) is 0 Å². The minimum absolute atomic E-state index is 0.0721. The lowest BCUT2D eigenvalue weighted by Crippen LogP contribution is -2.57. The van der Waals surface area contributed by atoms with Gasteiger partial charge in [-0.1, -0.05) is 32.0 Å². The van der Waals surface area contributed by atoms with Crippen LogP contribution in [0.2, 0.25) is 0 Å². The van der Waals surface area contributed by atoms with E-state index in [1.165, 1.54) is 13.8 Å². The third kappa shape index (κ3) is 7.31. The Balaban J connectivity index is 2.25. The first-order valence-electron chi connectivity index (χ1n) is 10.9. The third-order valence-corrected chi connectivity index (χ3v) is 5.36. The van der Waals surface area contributed by atoms with Crippen LogP contribution in [0.4, 0.5) is 0 Å². The number of benzene rings is 1. The highest BCUT2D eigenvalue weighted by Gasteiger charge is 2.30. The number of fused-ring (bicyclic) bond motifs is 1. The smallest absolute Gasteiger partial charge is 0.320 e.